The van der Waals surface area contributed by atoms with E-state index in [1.54, 1.807) is 6.20 Å². The van der Waals surface area contributed by atoms with E-state index in [1.807, 2.05) is 22.7 Å². The second-order valence-electron chi connectivity index (χ2n) is 8.97. The molecule has 1 saturated carbocycles. The number of hydrogen-bond donors (Lipinski definition) is 1. The Labute approximate surface area is 178 Å². The van der Waals surface area contributed by atoms with Crippen molar-refractivity contribution in [2.75, 3.05) is 39.4 Å². The van der Waals surface area contributed by atoms with E-state index in [9.17, 15) is 9.59 Å². The molecule has 1 aromatic heterocycles. The van der Waals surface area contributed by atoms with Crippen molar-refractivity contribution >= 4 is 11.8 Å². The summed E-state index contributed by atoms with van der Waals surface area (Å²) in [4.78, 5) is 29.6. The summed E-state index contributed by atoms with van der Waals surface area (Å²) in [5.74, 6) is 1.12. The van der Waals surface area contributed by atoms with Gasteiger partial charge in [0.05, 0.1) is 13.2 Å². The first-order chi connectivity index (χ1) is 14.6. The average molecular weight is 418 g/mol. The van der Waals surface area contributed by atoms with Gasteiger partial charge in [-0.25, -0.2) is 0 Å². The maximum absolute atomic E-state index is 12.8. The first-order valence-corrected chi connectivity index (χ1v) is 11.4. The van der Waals surface area contributed by atoms with Crippen LogP contribution in [-0.2, 0) is 27.8 Å². The molecule has 2 atom stereocenters. The number of likely N-dealkylation sites (tertiary alicyclic amines) is 1. The lowest BCUT2D eigenvalue weighted by molar-refractivity contribution is -0.136. The van der Waals surface area contributed by atoms with Gasteiger partial charge in [-0.05, 0) is 44.1 Å². The van der Waals surface area contributed by atoms with Crippen molar-refractivity contribution in [1.82, 2.24) is 24.9 Å². The molecular formula is C22H35N5O3. The molecule has 1 aromatic rings. The summed E-state index contributed by atoms with van der Waals surface area (Å²) in [7, 11) is 1.90. The molecule has 0 aromatic carbocycles. The Balaban J connectivity index is 1.26. The van der Waals surface area contributed by atoms with Crippen molar-refractivity contribution in [2.45, 2.75) is 57.0 Å². The number of ether oxygens (including phenoxy) is 1. The normalized spacial score (nSPS) is 24.9. The van der Waals surface area contributed by atoms with Gasteiger partial charge in [-0.15, -0.1) is 0 Å². The summed E-state index contributed by atoms with van der Waals surface area (Å²) < 4.78 is 7.19. The van der Waals surface area contributed by atoms with Crippen molar-refractivity contribution in [2.24, 2.45) is 13.0 Å². The van der Waals surface area contributed by atoms with Crippen molar-refractivity contribution in [3.05, 3.63) is 18.0 Å². The zero-order valence-electron chi connectivity index (χ0n) is 18.1. The number of rotatable bonds is 9. The molecule has 2 saturated heterocycles. The number of nitrogens with zero attached hydrogens (tertiary/aromatic N) is 4. The topological polar surface area (TPSA) is 79.7 Å². The van der Waals surface area contributed by atoms with Gasteiger partial charge >= 0.3 is 0 Å². The molecule has 1 aliphatic carbocycles. The highest BCUT2D eigenvalue weighted by atomic mass is 16.5. The Morgan fingerprint density at radius 2 is 1.93 bits per heavy atom. The highest BCUT2D eigenvalue weighted by molar-refractivity contribution is 5.77. The van der Waals surface area contributed by atoms with Crippen LogP contribution in [0.5, 0.6) is 0 Å². The molecule has 3 aliphatic rings. The van der Waals surface area contributed by atoms with E-state index in [2.05, 4.69) is 15.3 Å². The number of morpholine rings is 1. The number of carbonyl (C=O) groups is 2. The molecule has 3 fully saturated rings. The van der Waals surface area contributed by atoms with Crippen LogP contribution in [0.1, 0.15) is 44.2 Å². The van der Waals surface area contributed by atoms with Crippen molar-refractivity contribution in [1.29, 1.82) is 0 Å². The minimum absolute atomic E-state index is 0.0930. The molecule has 0 spiro atoms. The van der Waals surface area contributed by atoms with Crippen molar-refractivity contribution in [3.63, 3.8) is 0 Å². The minimum atomic E-state index is 0.0930. The molecule has 166 valence electrons. The van der Waals surface area contributed by atoms with Gasteiger partial charge in [0.25, 0.3) is 0 Å². The zero-order valence-corrected chi connectivity index (χ0v) is 18.1. The van der Waals surface area contributed by atoms with Crippen LogP contribution >= 0.6 is 0 Å². The number of carbonyl (C=O) groups excluding carboxylic acids is 2. The van der Waals surface area contributed by atoms with Gasteiger partial charge in [-0.1, -0.05) is 0 Å². The van der Waals surface area contributed by atoms with Crippen LogP contribution in [-0.4, -0.2) is 82.9 Å². The van der Waals surface area contributed by atoms with Crippen LogP contribution in [0.25, 0.3) is 0 Å². The number of nitrogens with one attached hydrogen (secondary N) is 1. The Kier molecular flexibility index (Phi) is 7.04. The zero-order chi connectivity index (χ0) is 20.9. The minimum Gasteiger partial charge on any atom is -0.378 e. The standard InChI is InChI=1S/C22H35N5O3/c1-25-18(8-9-24-25)6-7-21(28)23-15-20-5-4-19(27(20)16-17-2-3-17)14-22(29)26-10-12-30-13-11-26/h8-9,17,19-20H,2-7,10-16H2,1H3,(H,23,28)/t19-,20+/m1/s1. The second-order valence-corrected chi connectivity index (χ2v) is 8.97. The fourth-order valence-corrected chi connectivity index (χ4v) is 4.70. The molecule has 8 heteroatoms. The fraction of sp³-hybridized carbons (Fsp3) is 0.773. The van der Waals surface area contributed by atoms with Crippen LogP contribution in [0.4, 0.5) is 0 Å². The summed E-state index contributed by atoms with van der Waals surface area (Å²) in [6.07, 6.45) is 8.23. The highest BCUT2D eigenvalue weighted by Crippen LogP contribution is 2.35. The summed E-state index contributed by atoms with van der Waals surface area (Å²) >= 11 is 0. The van der Waals surface area contributed by atoms with Gasteiger partial charge < -0.3 is 15.0 Å². The SMILES string of the molecule is Cn1nccc1CCC(=O)NC[C@@H]1CC[C@H](CC(=O)N2CCOCC2)N1CC1CC1. The third kappa shape index (κ3) is 5.60. The summed E-state index contributed by atoms with van der Waals surface area (Å²) in [5, 5.41) is 7.30. The molecule has 0 bridgehead atoms. The van der Waals surface area contributed by atoms with Crippen molar-refractivity contribution < 1.29 is 14.3 Å². The molecule has 0 unspecified atom stereocenters. The first-order valence-electron chi connectivity index (χ1n) is 11.4. The number of aromatic nitrogens is 2. The summed E-state index contributed by atoms with van der Waals surface area (Å²) in [5.41, 5.74) is 1.07. The monoisotopic (exact) mass is 417 g/mol. The summed E-state index contributed by atoms with van der Waals surface area (Å²) in [6.45, 7) is 4.47. The van der Waals surface area contributed by atoms with E-state index in [1.165, 1.54) is 12.8 Å². The Morgan fingerprint density at radius 3 is 2.63 bits per heavy atom. The second kappa shape index (κ2) is 9.92. The Bertz CT molecular complexity index is 726. The largest absolute Gasteiger partial charge is 0.378 e. The quantitative estimate of drug-likeness (QED) is 0.648. The molecule has 30 heavy (non-hydrogen) atoms. The maximum Gasteiger partial charge on any atom is 0.224 e. The number of aryl methyl sites for hydroxylation is 2. The van der Waals surface area contributed by atoms with E-state index in [0.29, 0.717) is 64.2 Å². The van der Waals surface area contributed by atoms with E-state index in [-0.39, 0.29) is 11.8 Å². The predicted molar refractivity (Wildman–Crippen MR) is 113 cm³/mol. The first kappa shape index (κ1) is 21.3. The van der Waals surface area contributed by atoms with E-state index >= 15 is 0 Å². The van der Waals surface area contributed by atoms with Crippen LogP contribution in [0.2, 0.25) is 0 Å². The van der Waals surface area contributed by atoms with Crippen LogP contribution < -0.4 is 5.32 Å². The van der Waals surface area contributed by atoms with Crippen LogP contribution in [0.3, 0.4) is 0 Å². The lowest BCUT2D eigenvalue weighted by atomic mass is 10.1. The average Bonchev–Trinajstić information content (AvgIpc) is 3.37. The Hall–Kier alpha value is -1.93. The molecular weight excluding hydrogens is 382 g/mol. The van der Waals surface area contributed by atoms with Gasteiger partial charge in [0.15, 0.2) is 0 Å². The third-order valence-electron chi connectivity index (χ3n) is 6.78. The van der Waals surface area contributed by atoms with Gasteiger partial charge in [0.1, 0.15) is 0 Å². The lowest BCUT2D eigenvalue weighted by Gasteiger charge is -2.33. The molecule has 4 rings (SSSR count). The number of amides is 2. The summed E-state index contributed by atoms with van der Waals surface area (Å²) in [6, 6.07) is 2.60. The van der Waals surface area contributed by atoms with Gasteiger partial charge in [-0.2, -0.15) is 5.10 Å². The van der Waals surface area contributed by atoms with Gasteiger partial charge in [0, 0.05) is 70.0 Å². The molecule has 8 nitrogen and oxygen atoms in total. The Morgan fingerprint density at radius 1 is 1.17 bits per heavy atom. The maximum atomic E-state index is 12.8. The fourth-order valence-electron chi connectivity index (χ4n) is 4.70. The smallest absolute Gasteiger partial charge is 0.224 e. The van der Waals surface area contributed by atoms with Gasteiger partial charge in [-0.3, -0.25) is 19.2 Å². The molecule has 3 heterocycles. The molecule has 2 amide bonds. The van der Waals surface area contributed by atoms with Crippen LogP contribution in [0, 0.1) is 5.92 Å². The van der Waals surface area contributed by atoms with Crippen molar-refractivity contribution in [3.8, 4) is 0 Å². The highest BCUT2D eigenvalue weighted by Gasteiger charge is 2.38. The lowest BCUT2D eigenvalue weighted by Crippen LogP contribution is -2.47. The van der Waals surface area contributed by atoms with E-state index < -0.39 is 0 Å². The number of hydrogen-bond acceptors (Lipinski definition) is 5. The van der Waals surface area contributed by atoms with E-state index in [0.717, 1.165) is 31.0 Å². The molecule has 0 radical (unpaired) electrons. The predicted octanol–water partition coefficient (Wildman–Crippen LogP) is 0.961. The van der Waals surface area contributed by atoms with Crippen LogP contribution in [0.15, 0.2) is 12.3 Å². The van der Waals surface area contributed by atoms with Gasteiger partial charge in [0.2, 0.25) is 11.8 Å². The molecule has 1 N–H and O–H groups in total. The third-order valence-corrected chi connectivity index (χ3v) is 6.78. The van der Waals surface area contributed by atoms with E-state index in [4.69, 9.17) is 4.74 Å². The molecule has 2 aliphatic heterocycles.